The molecule has 2 fully saturated rings. The Kier molecular flexibility index (Phi) is 4.66. The lowest BCUT2D eigenvalue weighted by molar-refractivity contribution is 0.181. The Morgan fingerprint density at radius 3 is 2.71 bits per heavy atom. The first kappa shape index (κ1) is 12.7. The fraction of sp³-hybridized carbons (Fsp3) is 0.923. The summed E-state index contributed by atoms with van der Waals surface area (Å²) in [5.41, 5.74) is 0. The van der Waals surface area contributed by atoms with Crippen molar-refractivity contribution in [1.82, 2.24) is 15.5 Å². The maximum Gasteiger partial charge on any atom is 0.317 e. The van der Waals surface area contributed by atoms with Crippen molar-refractivity contribution in [3.8, 4) is 0 Å². The van der Waals surface area contributed by atoms with Crippen LogP contribution in [0.15, 0.2) is 0 Å². The molecule has 0 aromatic carbocycles. The van der Waals surface area contributed by atoms with E-state index in [1.54, 1.807) is 0 Å². The second-order valence-electron chi connectivity index (χ2n) is 5.32. The average Bonchev–Trinajstić information content (AvgIpc) is 2.75. The van der Waals surface area contributed by atoms with E-state index in [0.717, 1.165) is 38.9 Å². The second kappa shape index (κ2) is 6.24. The van der Waals surface area contributed by atoms with Gasteiger partial charge in [-0.25, -0.2) is 4.79 Å². The van der Waals surface area contributed by atoms with Crippen LogP contribution in [0, 0.1) is 0 Å². The Bertz CT molecular complexity index is 247. The molecular weight excluding hydrogens is 214 g/mol. The van der Waals surface area contributed by atoms with Crippen molar-refractivity contribution in [2.45, 2.75) is 57.5 Å². The molecule has 0 radical (unpaired) electrons. The standard InChI is InChI=1S/C13H25N3O/c1-2-9-16(10-12-7-4-8-14-12)13(17)15-11-5-3-6-11/h11-12,14H,2-10H2,1H3,(H,15,17). The minimum Gasteiger partial charge on any atom is -0.335 e. The summed E-state index contributed by atoms with van der Waals surface area (Å²) in [5, 5.41) is 6.59. The van der Waals surface area contributed by atoms with Crippen molar-refractivity contribution >= 4 is 6.03 Å². The van der Waals surface area contributed by atoms with Gasteiger partial charge in [0.25, 0.3) is 0 Å². The van der Waals surface area contributed by atoms with Crippen molar-refractivity contribution in [2.24, 2.45) is 0 Å². The third-order valence-corrected chi connectivity index (χ3v) is 3.82. The summed E-state index contributed by atoms with van der Waals surface area (Å²) >= 11 is 0. The first-order chi connectivity index (χ1) is 8.29. The number of rotatable bonds is 5. The van der Waals surface area contributed by atoms with Crippen LogP contribution in [0.1, 0.15) is 45.4 Å². The summed E-state index contributed by atoms with van der Waals surface area (Å²) in [6.07, 6.45) is 7.07. The van der Waals surface area contributed by atoms with Gasteiger partial charge in [0, 0.05) is 25.2 Å². The zero-order valence-electron chi connectivity index (χ0n) is 10.9. The summed E-state index contributed by atoms with van der Waals surface area (Å²) in [5.74, 6) is 0. The number of urea groups is 1. The summed E-state index contributed by atoms with van der Waals surface area (Å²) in [7, 11) is 0. The lowest BCUT2D eigenvalue weighted by atomic mass is 9.93. The average molecular weight is 239 g/mol. The Labute approximate surface area is 104 Å². The molecule has 0 aromatic rings. The molecule has 1 heterocycles. The van der Waals surface area contributed by atoms with Gasteiger partial charge in [0.05, 0.1) is 0 Å². The minimum atomic E-state index is 0.144. The zero-order valence-corrected chi connectivity index (χ0v) is 10.9. The molecule has 1 aliphatic carbocycles. The van der Waals surface area contributed by atoms with Gasteiger partial charge >= 0.3 is 6.03 Å². The highest BCUT2D eigenvalue weighted by Crippen LogP contribution is 2.18. The number of nitrogens with one attached hydrogen (secondary N) is 2. The first-order valence-corrected chi connectivity index (χ1v) is 7.08. The van der Waals surface area contributed by atoms with Crippen LogP contribution in [0.3, 0.4) is 0 Å². The monoisotopic (exact) mass is 239 g/mol. The molecule has 0 bridgehead atoms. The van der Waals surface area contributed by atoms with E-state index in [9.17, 15) is 4.79 Å². The molecule has 1 atom stereocenters. The van der Waals surface area contributed by atoms with Crippen molar-refractivity contribution in [3.05, 3.63) is 0 Å². The van der Waals surface area contributed by atoms with Crippen LogP contribution in [0.2, 0.25) is 0 Å². The zero-order chi connectivity index (χ0) is 12.1. The molecule has 1 unspecified atom stereocenters. The predicted octanol–water partition coefficient (Wildman–Crippen LogP) is 1.71. The molecule has 1 aliphatic heterocycles. The van der Waals surface area contributed by atoms with E-state index in [4.69, 9.17) is 0 Å². The van der Waals surface area contributed by atoms with Gasteiger partial charge in [-0.3, -0.25) is 0 Å². The van der Waals surface area contributed by atoms with E-state index < -0.39 is 0 Å². The van der Waals surface area contributed by atoms with Crippen molar-refractivity contribution in [2.75, 3.05) is 19.6 Å². The quantitative estimate of drug-likeness (QED) is 0.767. The van der Waals surface area contributed by atoms with Gasteiger partial charge in [-0.15, -0.1) is 0 Å². The number of hydrogen-bond donors (Lipinski definition) is 2. The highest BCUT2D eigenvalue weighted by atomic mass is 16.2. The molecule has 1 saturated heterocycles. The highest BCUT2D eigenvalue weighted by molar-refractivity contribution is 5.74. The predicted molar refractivity (Wildman–Crippen MR) is 69.1 cm³/mol. The van der Waals surface area contributed by atoms with Gasteiger partial charge in [0.15, 0.2) is 0 Å². The van der Waals surface area contributed by atoms with E-state index >= 15 is 0 Å². The molecule has 2 aliphatic rings. The van der Waals surface area contributed by atoms with E-state index in [2.05, 4.69) is 17.6 Å². The third-order valence-electron chi connectivity index (χ3n) is 3.82. The molecule has 1 saturated carbocycles. The highest BCUT2D eigenvalue weighted by Gasteiger charge is 2.24. The molecule has 4 nitrogen and oxygen atoms in total. The van der Waals surface area contributed by atoms with Crippen molar-refractivity contribution in [1.29, 1.82) is 0 Å². The summed E-state index contributed by atoms with van der Waals surface area (Å²) < 4.78 is 0. The Morgan fingerprint density at radius 2 is 2.18 bits per heavy atom. The lowest BCUT2D eigenvalue weighted by Gasteiger charge is -2.31. The SMILES string of the molecule is CCCN(CC1CCCN1)C(=O)NC1CCC1. The number of hydrogen-bond acceptors (Lipinski definition) is 2. The fourth-order valence-corrected chi connectivity index (χ4v) is 2.54. The summed E-state index contributed by atoms with van der Waals surface area (Å²) in [6, 6.07) is 1.09. The fourth-order valence-electron chi connectivity index (χ4n) is 2.54. The normalized spacial score (nSPS) is 24.4. The van der Waals surface area contributed by atoms with Gasteiger partial charge in [-0.2, -0.15) is 0 Å². The van der Waals surface area contributed by atoms with Crippen LogP contribution in [0.4, 0.5) is 4.79 Å². The Balaban J connectivity index is 1.78. The van der Waals surface area contributed by atoms with Crippen LogP contribution in [-0.2, 0) is 0 Å². The van der Waals surface area contributed by atoms with Crippen molar-refractivity contribution < 1.29 is 4.79 Å². The molecule has 0 aromatic heterocycles. The van der Waals surface area contributed by atoms with E-state index in [1.807, 2.05) is 4.90 Å². The van der Waals surface area contributed by atoms with Crippen LogP contribution in [0.25, 0.3) is 0 Å². The number of carbonyl (C=O) groups is 1. The summed E-state index contributed by atoms with van der Waals surface area (Å²) in [6.45, 7) is 4.98. The topological polar surface area (TPSA) is 44.4 Å². The molecule has 17 heavy (non-hydrogen) atoms. The van der Waals surface area contributed by atoms with Gasteiger partial charge in [0.2, 0.25) is 0 Å². The molecule has 4 heteroatoms. The summed E-state index contributed by atoms with van der Waals surface area (Å²) in [4.78, 5) is 14.1. The second-order valence-corrected chi connectivity index (χ2v) is 5.32. The molecule has 2 rings (SSSR count). The first-order valence-electron chi connectivity index (χ1n) is 7.08. The van der Waals surface area contributed by atoms with Gasteiger partial charge in [0.1, 0.15) is 0 Å². The van der Waals surface area contributed by atoms with Crippen LogP contribution < -0.4 is 10.6 Å². The number of carbonyl (C=O) groups excluding carboxylic acids is 1. The molecule has 2 amide bonds. The molecule has 98 valence electrons. The van der Waals surface area contributed by atoms with Crippen LogP contribution in [0.5, 0.6) is 0 Å². The lowest BCUT2D eigenvalue weighted by Crippen LogP contribution is -2.50. The minimum absolute atomic E-state index is 0.144. The van der Waals surface area contributed by atoms with Crippen molar-refractivity contribution in [3.63, 3.8) is 0 Å². The molecule has 0 spiro atoms. The van der Waals surface area contributed by atoms with E-state index in [-0.39, 0.29) is 6.03 Å². The van der Waals surface area contributed by atoms with Crippen LogP contribution in [-0.4, -0.2) is 42.6 Å². The Hall–Kier alpha value is -0.770. The maximum absolute atomic E-state index is 12.1. The number of nitrogens with zero attached hydrogens (tertiary/aromatic N) is 1. The van der Waals surface area contributed by atoms with E-state index in [0.29, 0.717) is 12.1 Å². The van der Waals surface area contributed by atoms with Gasteiger partial charge in [-0.05, 0) is 45.1 Å². The number of amides is 2. The largest absolute Gasteiger partial charge is 0.335 e. The van der Waals surface area contributed by atoms with Gasteiger partial charge in [-0.1, -0.05) is 6.92 Å². The van der Waals surface area contributed by atoms with Crippen LogP contribution >= 0.6 is 0 Å². The molecule has 2 N–H and O–H groups in total. The third kappa shape index (κ3) is 3.60. The maximum atomic E-state index is 12.1. The van der Waals surface area contributed by atoms with E-state index in [1.165, 1.54) is 19.3 Å². The van der Waals surface area contributed by atoms with Gasteiger partial charge < -0.3 is 15.5 Å². The molecular formula is C13H25N3O. The smallest absolute Gasteiger partial charge is 0.317 e. The Morgan fingerprint density at radius 1 is 1.35 bits per heavy atom.